The Hall–Kier alpha value is -0.910. The lowest BCUT2D eigenvalue weighted by atomic mass is 10.2. The SMILES string of the molecule is Nc1nc(NC2CCSCC2)n[nH]1. The summed E-state index contributed by atoms with van der Waals surface area (Å²) in [5, 5.41) is 9.79. The van der Waals surface area contributed by atoms with E-state index in [1.54, 1.807) is 0 Å². The van der Waals surface area contributed by atoms with Crippen LogP contribution in [-0.4, -0.2) is 32.7 Å². The zero-order valence-electron chi connectivity index (χ0n) is 7.29. The van der Waals surface area contributed by atoms with Crippen LogP contribution < -0.4 is 11.1 Å². The number of H-pyrrole nitrogens is 1. The van der Waals surface area contributed by atoms with Crippen molar-refractivity contribution in [3.05, 3.63) is 0 Å². The Labute approximate surface area is 80.9 Å². The lowest BCUT2D eigenvalue weighted by Crippen LogP contribution is -2.25. The van der Waals surface area contributed by atoms with Crippen molar-refractivity contribution < 1.29 is 0 Å². The molecule has 0 spiro atoms. The molecule has 0 saturated carbocycles. The van der Waals surface area contributed by atoms with E-state index in [1.165, 1.54) is 24.3 Å². The molecule has 2 heterocycles. The minimum atomic E-state index is 0.368. The van der Waals surface area contributed by atoms with Crippen LogP contribution in [0.4, 0.5) is 11.9 Å². The number of thioether (sulfide) groups is 1. The maximum Gasteiger partial charge on any atom is 0.243 e. The first-order valence-electron chi connectivity index (χ1n) is 4.37. The van der Waals surface area contributed by atoms with Crippen LogP contribution in [0.3, 0.4) is 0 Å². The molecule has 72 valence electrons. The molecular formula is C7H13N5S. The van der Waals surface area contributed by atoms with Crippen molar-refractivity contribution in [2.75, 3.05) is 22.6 Å². The molecule has 0 bridgehead atoms. The Bertz CT molecular complexity index is 268. The van der Waals surface area contributed by atoms with Crippen LogP contribution in [-0.2, 0) is 0 Å². The van der Waals surface area contributed by atoms with Crippen LogP contribution in [0.15, 0.2) is 0 Å². The number of anilines is 2. The zero-order valence-corrected chi connectivity index (χ0v) is 8.10. The predicted molar refractivity (Wildman–Crippen MR) is 54.8 cm³/mol. The zero-order chi connectivity index (χ0) is 9.10. The second kappa shape index (κ2) is 3.87. The fraction of sp³-hybridized carbons (Fsp3) is 0.714. The van der Waals surface area contributed by atoms with Gasteiger partial charge in [-0.05, 0) is 24.3 Å². The molecule has 0 aromatic carbocycles. The van der Waals surface area contributed by atoms with E-state index in [2.05, 4.69) is 20.5 Å². The van der Waals surface area contributed by atoms with E-state index in [4.69, 9.17) is 5.73 Å². The highest BCUT2D eigenvalue weighted by atomic mass is 32.2. The van der Waals surface area contributed by atoms with Crippen molar-refractivity contribution in [2.24, 2.45) is 0 Å². The number of rotatable bonds is 2. The number of nitrogens with one attached hydrogen (secondary N) is 2. The molecule has 1 aliphatic rings. The van der Waals surface area contributed by atoms with Crippen molar-refractivity contribution in [1.82, 2.24) is 15.2 Å². The van der Waals surface area contributed by atoms with Gasteiger partial charge in [-0.25, -0.2) is 5.10 Å². The molecule has 2 rings (SSSR count). The average molecular weight is 199 g/mol. The van der Waals surface area contributed by atoms with Crippen LogP contribution in [0, 0.1) is 0 Å². The van der Waals surface area contributed by atoms with E-state index in [1.807, 2.05) is 11.8 Å². The summed E-state index contributed by atoms with van der Waals surface area (Å²) in [5.74, 6) is 3.43. The van der Waals surface area contributed by atoms with Crippen molar-refractivity contribution in [3.63, 3.8) is 0 Å². The maximum atomic E-state index is 5.41. The molecule has 0 radical (unpaired) electrons. The van der Waals surface area contributed by atoms with Crippen molar-refractivity contribution in [3.8, 4) is 0 Å². The Morgan fingerprint density at radius 1 is 1.46 bits per heavy atom. The van der Waals surface area contributed by atoms with Crippen molar-refractivity contribution in [1.29, 1.82) is 0 Å². The van der Waals surface area contributed by atoms with Gasteiger partial charge in [0.05, 0.1) is 0 Å². The van der Waals surface area contributed by atoms with E-state index in [9.17, 15) is 0 Å². The maximum absolute atomic E-state index is 5.41. The van der Waals surface area contributed by atoms with Crippen molar-refractivity contribution in [2.45, 2.75) is 18.9 Å². The van der Waals surface area contributed by atoms with E-state index in [-0.39, 0.29) is 0 Å². The molecule has 0 aliphatic carbocycles. The third-order valence-corrected chi connectivity index (χ3v) is 3.11. The van der Waals surface area contributed by atoms with Gasteiger partial charge in [0.25, 0.3) is 0 Å². The molecule has 4 N–H and O–H groups in total. The molecule has 5 nitrogen and oxygen atoms in total. The lowest BCUT2D eigenvalue weighted by molar-refractivity contribution is 0.660. The fourth-order valence-corrected chi connectivity index (χ4v) is 2.47. The molecule has 13 heavy (non-hydrogen) atoms. The summed E-state index contributed by atoms with van der Waals surface area (Å²) in [4.78, 5) is 4.00. The van der Waals surface area contributed by atoms with Crippen LogP contribution in [0.25, 0.3) is 0 Å². The van der Waals surface area contributed by atoms with E-state index >= 15 is 0 Å². The van der Waals surface area contributed by atoms with Gasteiger partial charge in [-0.15, -0.1) is 5.10 Å². The topological polar surface area (TPSA) is 79.6 Å². The second-order valence-corrected chi connectivity index (χ2v) is 4.30. The summed E-state index contributed by atoms with van der Waals surface area (Å²) in [6.07, 6.45) is 2.36. The third-order valence-electron chi connectivity index (χ3n) is 2.06. The molecule has 1 fully saturated rings. The molecule has 1 aliphatic heterocycles. The molecule has 0 amide bonds. The van der Waals surface area contributed by atoms with Crippen LogP contribution >= 0.6 is 11.8 Å². The first-order chi connectivity index (χ1) is 6.34. The predicted octanol–water partition coefficient (Wildman–Crippen LogP) is 0.694. The first-order valence-corrected chi connectivity index (χ1v) is 5.52. The molecular weight excluding hydrogens is 186 g/mol. The van der Waals surface area contributed by atoms with Gasteiger partial charge in [0.1, 0.15) is 0 Å². The largest absolute Gasteiger partial charge is 0.368 e. The monoisotopic (exact) mass is 199 g/mol. The fourth-order valence-electron chi connectivity index (χ4n) is 1.36. The number of nitrogen functional groups attached to an aromatic ring is 1. The highest BCUT2D eigenvalue weighted by Crippen LogP contribution is 2.19. The number of aromatic nitrogens is 3. The van der Waals surface area contributed by atoms with E-state index in [0.717, 1.165) is 0 Å². The number of hydrogen-bond acceptors (Lipinski definition) is 5. The molecule has 1 saturated heterocycles. The number of hydrogen-bond donors (Lipinski definition) is 3. The Morgan fingerprint density at radius 2 is 2.23 bits per heavy atom. The molecule has 0 atom stereocenters. The van der Waals surface area contributed by atoms with Crippen LogP contribution in [0.2, 0.25) is 0 Å². The summed E-state index contributed by atoms with van der Waals surface area (Å²) < 4.78 is 0. The highest BCUT2D eigenvalue weighted by molar-refractivity contribution is 7.99. The Morgan fingerprint density at radius 3 is 2.85 bits per heavy atom. The minimum absolute atomic E-state index is 0.368. The van der Waals surface area contributed by atoms with Gasteiger partial charge >= 0.3 is 0 Å². The lowest BCUT2D eigenvalue weighted by Gasteiger charge is -2.21. The van der Waals surface area contributed by atoms with Crippen molar-refractivity contribution >= 4 is 23.7 Å². The highest BCUT2D eigenvalue weighted by Gasteiger charge is 2.14. The average Bonchev–Trinajstić information content (AvgIpc) is 2.53. The third kappa shape index (κ3) is 2.27. The Balaban J connectivity index is 1.89. The van der Waals surface area contributed by atoms with Gasteiger partial charge in [-0.2, -0.15) is 16.7 Å². The number of nitrogens with two attached hydrogens (primary N) is 1. The van der Waals surface area contributed by atoms with Gasteiger partial charge in [0.15, 0.2) is 0 Å². The number of aromatic amines is 1. The van der Waals surface area contributed by atoms with Gasteiger partial charge in [-0.1, -0.05) is 0 Å². The molecule has 1 aromatic heterocycles. The molecule has 1 aromatic rings. The normalized spacial score (nSPS) is 18.8. The smallest absolute Gasteiger partial charge is 0.243 e. The van der Waals surface area contributed by atoms with Gasteiger partial charge < -0.3 is 11.1 Å². The molecule has 0 unspecified atom stereocenters. The van der Waals surface area contributed by atoms with E-state index in [0.29, 0.717) is 17.9 Å². The summed E-state index contributed by atoms with van der Waals surface area (Å²) in [6, 6.07) is 0.511. The van der Waals surface area contributed by atoms with Gasteiger partial charge in [0.2, 0.25) is 11.9 Å². The van der Waals surface area contributed by atoms with Gasteiger partial charge in [-0.3, -0.25) is 0 Å². The standard InChI is InChI=1S/C7H13N5S/c8-6-10-7(12-11-6)9-5-1-3-13-4-2-5/h5H,1-4H2,(H4,8,9,10,11,12). The van der Waals surface area contributed by atoms with Crippen LogP contribution in [0.5, 0.6) is 0 Å². The molecule has 6 heteroatoms. The minimum Gasteiger partial charge on any atom is -0.368 e. The summed E-state index contributed by atoms with van der Waals surface area (Å²) in [6.45, 7) is 0. The number of nitrogens with zero attached hydrogens (tertiary/aromatic N) is 2. The second-order valence-electron chi connectivity index (χ2n) is 3.08. The quantitative estimate of drug-likeness (QED) is 0.653. The van der Waals surface area contributed by atoms with Gasteiger partial charge in [0, 0.05) is 6.04 Å². The first kappa shape index (κ1) is 8.68. The van der Waals surface area contributed by atoms with Crippen LogP contribution in [0.1, 0.15) is 12.8 Å². The Kier molecular flexibility index (Phi) is 2.58. The summed E-state index contributed by atoms with van der Waals surface area (Å²) >= 11 is 2.00. The summed E-state index contributed by atoms with van der Waals surface area (Å²) in [7, 11) is 0. The summed E-state index contributed by atoms with van der Waals surface area (Å²) in [5.41, 5.74) is 5.41. The van der Waals surface area contributed by atoms with E-state index < -0.39 is 0 Å².